The minimum atomic E-state index is -0.604. The zero-order valence-corrected chi connectivity index (χ0v) is 21.8. The van der Waals surface area contributed by atoms with Crippen LogP contribution in [0.5, 0.6) is 0 Å². The fraction of sp³-hybridized carbons (Fsp3) is 0.241. The second-order valence-corrected chi connectivity index (χ2v) is 9.42. The molecule has 11 heteroatoms. The van der Waals surface area contributed by atoms with Gasteiger partial charge in [-0.05, 0) is 49.1 Å². The molecule has 204 valence electrons. The molecule has 1 saturated heterocycles. The van der Waals surface area contributed by atoms with E-state index in [0.717, 1.165) is 12.8 Å². The number of hydrogen-bond donors (Lipinski definition) is 4. The molecule has 10 nitrogen and oxygen atoms in total. The number of carbonyl (C=O) groups is 2. The number of hydrogen-bond acceptors (Lipinski definition) is 8. The molecule has 1 aliphatic heterocycles. The topological polar surface area (TPSA) is 161 Å². The quantitative estimate of drug-likeness (QED) is 0.239. The van der Waals surface area contributed by atoms with Gasteiger partial charge in [-0.2, -0.15) is 5.26 Å². The number of amides is 2. The predicted octanol–water partition coefficient (Wildman–Crippen LogP) is 3.25. The Labute approximate surface area is 231 Å². The van der Waals surface area contributed by atoms with Gasteiger partial charge in [0.25, 0.3) is 5.91 Å². The van der Waals surface area contributed by atoms with Gasteiger partial charge in [0.15, 0.2) is 0 Å². The van der Waals surface area contributed by atoms with Crippen LogP contribution in [-0.4, -0.2) is 52.0 Å². The zero-order chi connectivity index (χ0) is 28.6. The van der Waals surface area contributed by atoms with Crippen molar-refractivity contribution in [3.63, 3.8) is 0 Å². The number of aromatic nitrogens is 2. The van der Waals surface area contributed by atoms with Crippen molar-refractivity contribution in [2.45, 2.75) is 19.4 Å². The molecule has 40 heavy (non-hydrogen) atoms. The van der Waals surface area contributed by atoms with E-state index in [0.29, 0.717) is 36.6 Å². The smallest absolute Gasteiger partial charge is 0.251 e. The summed E-state index contributed by atoms with van der Waals surface area (Å²) in [5.74, 6) is -0.547. The highest BCUT2D eigenvalue weighted by atomic mass is 19.1. The lowest BCUT2D eigenvalue weighted by Crippen LogP contribution is -2.41. The summed E-state index contributed by atoms with van der Waals surface area (Å²) in [5, 5.41) is 23.7. The van der Waals surface area contributed by atoms with Crippen molar-refractivity contribution in [2.24, 2.45) is 5.92 Å². The van der Waals surface area contributed by atoms with Crippen LogP contribution in [0.4, 0.5) is 16.0 Å². The fourth-order valence-corrected chi connectivity index (χ4v) is 4.58. The number of nitrogens with one attached hydrogen (secondary N) is 3. The molecule has 0 unspecified atom stereocenters. The summed E-state index contributed by atoms with van der Waals surface area (Å²) < 4.78 is 15.0. The standard InChI is InChI=1S/C29H29FN8O2/c1-2-24(39)38-10-4-6-19(16-38)14-34-28-25(27(33)36-17-37-28)26(32)20-8-9-22(23(30)12-20)15-35-29(40)21-7-3-5-18(11-21)13-31/h2-3,5,7-9,11-12,17,19,32H,1,4,6,10,14-16H2,(H,35,40)(H3,33,34,36,37)/t19-/m0/s1. The molecule has 3 aromatic rings. The van der Waals surface area contributed by atoms with Gasteiger partial charge >= 0.3 is 0 Å². The Hall–Kier alpha value is -5.11. The maximum Gasteiger partial charge on any atom is 0.251 e. The number of benzene rings is 2. The molecule has 0 radical (unpaired) electrons. The number of carbonyl (C=O) groups excluding carboxylic acids is 2. The summed E-state index contributed by atoms with van der Waals surface area (Å²) in [6, 6.07) is 12.5. The Morgan fingerprint density at radius 3 is 2.83 bits per heavy atom. The number of nitrogen functional groups attached to an aromatic ring is 1. The van der Waals surface area contributed by atoms with Crippen molar-refractivity contribution in [3.8, 4) is 6.07 Å². The Morgan fingerprint density at radius 2 is 2.08 bits per heavy atom. The largest absolute Gasteiger partial charge is 0.383 e. The molecular weight excluding hydrogens is 511 g/mol. The Balaban J connectivity index is 1.44. The average molecular weight is 541 g/mol. The summed E-state index contributed by atoms with van der Waals surface area (Å²) in [4.78, 5) is 34.5. The van der Waals surface area contributed by atoms with E-state index in [-0.39, 0.29) is 46.6 Å². The van der Waals surface area contributed by atoms with E-state index in [1.807, 2.05) is 6.07 Å². The Kier molecular flexibility index (Phi) is 8.81. The molecule has 5 N–H and O–H groups in total. The number of nitrogens with two attached hydrogens (primary N) is 1. The maximum absolute atomic E-state index is 15.0. The van der Waals surface area contributed by atoms with Gasteiger partial charge in [-0.25, -0.2) is 14.4 Å². The zero-order valence-electron chi connectivity index (χ0n) is 21.8. The lowest BCUT2D eigenvalue weighted by atomic mass is 9.97. The van der Waals surface area contributed by atoms with Crippen molar-refractivity contribution in [1.82, 2.24) is 20.2 Å². The number of rotatable bonds is 9. The summed E-state index contributed by atoms with van der Waals surface area (Å²) in [6.07, 6.45) is 4.40. The molecular formula is C29H29FN8O2. The van der Waals surface area contributed by atoms with Crippen molar-refractivity contribution >= 4 is 29.2 Å². The Morgan fingerprint density at radius 1 is 1.25 bits per heavy atom. The van der Waals surface area contributed by atoms with Crippen molar-refractivity contribution in [1.29, 1.82) is 10.7 Å². The minimum absolute atomic E-state index is 0.0597. The minimum Gasteiger partial charge on any atom is -0.383 e. The molecule has 2 amide bonds. The number of anilines is 2. The highest BCUT2D eigenvalue weighted by molar-refractivity contribution is 6.16. The first kappa shape index (κ1) is 27.9. The molecule has 0 saturated carbocycles. The van der Waals surface area contributed by atoms with Crippen molar-refractivity contribution in [3.05, 3.63) is 95.1 Å². The third-order valence-corrected chi connectivity index (χ3v) is 6.73. The summed E-state index contributed by atoms with van der Waals surface area (Å²) in [5.41, 5.74) is 7.44. The van der Waals surface area contributed by atoms with Crippen LogP contribution >= 0.6 is 0 Å². The molecule has 0 aliphatic carbocycles. The van der Waals surface area contributed by atoms with E-state index in [2.05, 4.69) is 27.2 Å². The van der Waals surface area contributed by atoms with E-state index in [4.69, 9.17) is 16.4 Å². The van der Waals surface area contributed by atoms with Crippen LogP contribution in [0, 0.1) is 28.5 Å². The van der Waals surface area contributed by atoms with Crippen LogP contribution in [0.15, 0.2) is 61.4 Å². The number of nitrogens with zero attached hydrogens (tertiary/aromatic N) is 4. The SMILES string of the molecule is C=CC(=O)N1CCC[C@@H](CNc2ncnc(N)c2C(=N)c2ccc(CNC(=O)c3cccc(C#N)c3)c(F)c2)C1. The average Bonchev–Trinajstić information content (AvgIpc) is 2.98. The van der Waals surface area contributed by atoms with E-state index >= 15 is 4.39 Å². The summed E-state index contributed by atoms with van der Waals surface area (Å²) in [6.45, 7) is 5.25. The molecule has 0 spiro atoms. The molecule has 4 rings (SSSR count). The summed E-state index contributed by atoms with van der Waals surface area (Å²) in [7, 11) is 0. The van der Waals surface area contributed by atoms with Crippen LogP contribution in [0.2, 0.25) is 0 Å². The van der Waals surface area contributed by atoms with Crippen LogP contribution in [0.3, 0.4) is 0 Å². The van der Waals surface area contributed by atoms with Crippen molar-refractivity contribution in [2.75, 3.05) is 30.7 Å². The first-order valence-electron chi connectivity index (χ1n) is 12.7. The Bertz CT molecular complexity index is 1500. The van der Waals surface area contributed by atoms with E-state index < -0.39 is 11.7 Å². The van der Waals surface area contributed by atoms with Crippen molar-refractivity contribution < 1.29 is 14.0 Å². The molecule has 2 heterocycles. The van der Waals surface area contributed by atoms with Crippen LogP contribution in [0.1, 0.15) is 45.5 Å². The third-order valence-electron chi connectivity index (χ3n) is 6.73. The number of piperidine rings is 1. The third kappa shape index (κ3) is 6.47. The van der Waals surface area contributed by atoms with Crippen LogP contribution in [0.25, 0.3) is 0 Å². The first-order chi connectivity index (χ1) is 19.3. The van der Waals surface area contributed by atoms with Gasteiger partial charge in [-0.3, -0.25) is 15.0 Å². The molecule has 1 aliphatic rings. The number of likely N-dealkylation sites (tertiary alicyclic amines) is 1. The first-order valence-corrected chi connectivity index (χ1v) is 12.7. The normalized spacial score (nSPS) is 14.6. The summed E-state index contributed by atoms with van der Waals surface area (Å²) >= 11 is 0. The lowest BCUT2D eigenvalue weighted by molar-refractivity contribution is -0.127. The highest BCUT2D eigenvalue weighted by Gasteiger charge is 2.24. The number of nitriles is 1. The molecule has 0 bridgehead atoms. The second-order valence-electron chi connectivity index (χ2n) is 9.42. The molecule has 1 fully saturated rings. The van der Waals surface area contributed by atoms with Gasteiger partial charge in [0.05, 0.1) is 22.9 Å². The van der Waals surface area contributed by atoms with Gasteiger partial charge in [0.1, 0.15) is 23.8 Å². The van der Waals surface area contributed by atoms with Gasteiger partial charge in [0, 0.05) is 42.9 Å². The maximum atomic E-state index is 15.0. The molecule has 2 aromatic carbocycles. The monoisotopic (exact) mass is 540 g/mol. The lowest BCUT2D eigenvalue weighted by Gasteiger charge is -2.32. The highest BCUT2D eigenvalue weighted by Crippen LogP contribution is 2.24. The molecule has 1 atom stereocenters. The number of halogens is 1. The van der Waals surface area contributed by atoms with E-state index in [9.17, 15) is 9.59 Å². The van der Waals surface area contributed by atoms with Gasteiger partial charge in [0.2, 0.25) is 5.91 Å². The van der Waals surface area contributed by atoms with Crippen LogP contribution in [-0.2, 0) is 11.3 Å². The van der Waals surface area contributed by atoms with Gasteiger partial charge in [-0.1, -0.05) is 24.8 Å². The fourth-order valence-electron chi connectivity index (χ4n) is 4.58. The predicted molar refractivity (Wildman–Crippen MR) is 149 cm³/mol. The van der Waals surface area contributed by atoms with E-state index in [1.165, 1.54) is 30.6 Å². The van der Waals surface area contributed by atoms with Gasteiger partial charge < -0.3 is 21.3 Å². The van der Waals surface area contributed by atoms with E-state index in [1.54, 1.807) is 29.2 Å². The second kappa shape index (κ2) is 12.6. The molecule has 1 aromatic heterocycles. The van der Waals surface area contributed by atoms with Crippen LogP contribution < -0.4 is 16.4 Å². The van der Waals surface area contributed by atoms with Gasteiger partial charge in [-0.15, -0.1) is 0 Å².